The summed E-state index contributed by atoms with van der Waals surface area (Å²) in [6, 6.07) is 26.8. The van der Waals surface area contributed by atoms with Gasteiger partial charge >= 0.3 is 5.97 Å². The third-order valence-corrected chi connectivity index (χ3v) is 7.04. The van der Waals surface area contributed by atoms with E-state index in [2.05, 4.69) is 21.4 Å². The maximum atomic E-state index is 11.6. The zero-order chi connectivity index (χ0) is 30.3. The van der Waals surface area contributed by atoms with Gasteiger partial charge in [-0.1, -0.05) is 66.2 Å². The molecule has 0 radical (unpaired) electrons. The maximum absolute atomic E-state index is 11.6. The second-order valence-electron chi connectivity index (χ2n) is 9.78. The van der Waals surface area contributed by atoms with Crippen molar-refractivity contribution in [2.24, 2.45) is 0 Å². The van der Waals surface area contributed by atoms with E-state index in [-0.39, 0.29) is 23.9 Å². The number of nitriles is 1. The predicted octanol–water partition coefficient (Wildman–Crippen LogP) is 6.12. The number of aliphatic hydroxyl groups is 1. The van der Waals surface area contributed by atoms with Gasteiger partial charge in [0.2, 0.25) is 5.88 Å². The second-order valence-corrected chi connectivity index (χ2v) is 10.2. The van der Waals surface area contributed by atoms with E-state index < -0.39 is 18.1 Å². The number of carboxylic acids is 1. The largest absolute Gasteiger partial charge is 0.488 e. The summed E-state index contributed by atoms with van der Waals surface area (Å²) >= 11 is 6.67. The minimum atomic E-state index is -1.21. The molecule has 5 aromatic rings. The molecule has 3 N–H and O–H groups in total. The Kier molecular flexibility index (Phi) is 9.13. The van der Waals surface area contributed by atoms with Gasteiger partial charge in [0.1, 0.15) is 24.7 Å². The molecular formula is C33H27ClN4O5. The molecule has 0 spiro atoms. The molecule has 0 bridgehead atoms. The van der Waals surface area contributed by atoms with Gasteiger partial charge in [-0.3, -0.25) is 10.1 Å². The van der Waals surface area contributed by atoms with Crippen LogP contribution in [0.25, 0.3) is 22.0 Å². The number of hydrogen-bond acceptors (Lipinski definition) is 8. The lowest BCUT2D eigenvalue weighted by molar-refractivity contribution is -0.142. The van der Waals surface area contributed by atoms with E-state index in [1.807, 2.05) is 54.6 Å². The number of rotatable bonds is 11. The van der Waals surface area contributed by atoms with Crippen molar-refractivity contribution >= 4 is 28.5 Å². The van der Waals surface area contributed by atoms with Crippen molar-refractivity contribution in [2.45, 2.75) is 32.2 Å². The van der Waals surface area contributed by atoms with Crippen LogP contribution in [-0.2, 0) is 17.9 Å². The fraction of sp³-hybridized carbons (Fsp3) is 0.152. The lowest BCUT2D eigenvalue weighted by Crippen LogP contribution is -2.44. The minimum Gasteiger partial charge on any atom is -0.488 e. The molecule has 0 aliphatic carbocycles. The zero-order valence-corrected chi connectivity index (χ0v) is 23.8. The molecule has 0 aliphatic heterocycles. The van der Waals surface area contributed by atoms with Crippen LogP contribution in [-0.4, -0.2) is 38.3 Å². The van der Waals surface area contributed by atoms with Gasteiger partial charge in [0.15, 0.2) is 5.75 Å². The van der Waals surface area contributed by atoms with E-state index >= 15 is 0 Å². The fourth-order valence-corrected chi connectivity index (χ4v) is 4.83. The summed E-state index contributed by atoms with van der Waals surface area (Å²) in [6.07, 6.45) is 0.290. The van der Waals surface area contributed by atoms with Crippen LogP contribution in [0.3, 0.4) is 0 Å². The van der Waals surface area contributed by atoms with E-state index in [0.717, 1.165) is 16.7 Å². The van der Waals surface area contributed by atoms with Gasteiger partial charge in [-0.05, 0) is 42.3 Å². The number of carboxylic acid groups (broad SMARTS) is 1. The van der Waals surface area contributed by atoms with Crippen LogP contribution >= 0.6 is 11.6 Å². The maximum Gasteiger partial charge on any atom is 0.323 e. The molecule has 1 aromatic heterocycles. The van der Waals surface area contributed by atoms with Crippen molar-refractivity contribution in [3.8, 4) is 34.6 Å². The Morgan fingerprint density at radius 3 is 2.56 bits per heavy atom. The average Bonchev–Trinajstić information content (AvgIpc) is 3.01. The Labute approximate surface area is 253 Å². The molecule has 2 atom stereocenters. The van der Waals surface area contributed by atoms with Gasteiger partial charge in [-0.2, -0.15) is 5.26 Å². The Morgan fingerprint density at radius 1 is 1.02 bits per heavy atom. The molecule has 0 saturated heterocycles. The van der Waals surface area contributed by atoms with Crippen molar-refractivity contribution in [3.05, 3.63) is 113 Å². The summed E-state index contributed by atoms with van der Waals surface area (Å²) in [4.78, 5) is 20.5. The number of hydrogen-bond donors (Lipinski definition) is 3. The van der Waals surface area contributed by atoms with E-state index in [9.17, 15) is 20.3 Å². The number of para-hydroxylation sites is 1. The van der Waals surface area contributed by atoms with Gasteiger partial charge in [-0.15, -0.1) is 0 Å². The van der Waals surface area contributed by atoms with E-state index in [0.29, 0.717) is 33.7 Å². The second kappa shape index (κ2) is 13.3. The number of fused-ring (bicyclic) bond motifs is 1. The van der Waals surface area contributed by atoms with Crippen LogP contribution in [0.15, 0.2) is 91.3 Å². The summed E-state index contributed by atoms with van der Waals surface area (Å²) in [5, 5.41) is 32.4. The van der Waals surface area contributed by atoms with Crippen LogP contribution in [0.2, 0.25) is 5.02 Å². The normalized spacial score (nSPS) is 12.3. The molecule has 0 unspecified atom stereocenters. The Hall–Kier alpha value is -5.01. The number of nitrogens with one attached hydrogen (secondary N) is 1. The molecule has 0 aliphatic rings. The predicted molar refractivity (Wildman–Crippen MR) is 162 cm³/mol. The van der Waals surface area contributed by atoms with Crippen molar-refractivity contribution in [1.29, 1.82) is 5.26 Å². The van der Waals surface area contributed by atoms with Crippen molar-refractivity contribution in [3.63, 3.8) is 0 Å². The lowest BCUT2D eigenvalue weighted by Gasteiger charge is -2.20. The topological polar surface area (TPSA) is 138 Å². The highest BCUT2D eigenvalue weighted by atomic mass is 35.5. The Balaban J connectivity index is 1.50. The van der Waals surface area contributed by atoms with Crippen molar-refractivity contribution in [1.82, 2.24) is 15.3 Å². The van der Waals surface area contributed by atoms with Crippen molar-refractivity contribution < 1.29 is 24.5 Å². The first-order chi connectivity index (χ1) is 20.8. The average molecular weight is 595 g/mol. The molecule has 43 heavy (non-hydrogen) atoms. The third-order valence-electron chi connectivity index (χ3n) is 6.75. The number of aromatic nitrogens is 2. The van der Waals surface area contributed by atoms with Gasteiger partial charge in [-0.25, -0.2) is 9.97 Å². The molecule has 0 saturated carbocycles. The van der Waals surface area contributed by atoms with Crippen LogP contribution in [0, 0.1) is 11.3 Å². The number of nitrogens with zero attached hydrogens (tertiary/aromatic N) is 3. The molecule has 10 heteroatoms. The molecular weight excluding hydrogens is 568 g/mol. The summed E-state index contributed by atoms with van der Waals surface area (Å²) < 4.78 is 12.4. The van der Waals surface area contributed by atoms with Crippen LogP contribution in [0.4, 0.5) is 0 Å². The Morgan fingerprint density at radius 2 is 1.81 bits per heavy atom. The van der Waals surface area contributed by atoms with E-state index in [1.165, 1.54) is 13.3 Å². The summed E-state index contributed by atoms with van der Waals surface area (Å²) in [6.45, 7) is 1.55. The lowest BCUT2D eigenvalue weighted by atomic mass is 10.0. The highest BCUT2D eigenvalue weighted by Crippen LogP contribution is 2.38. The van der Waals surface area contributed by atoms with Crippen LogP contribution in [0.1, 0.15) is 23.6 Å². The van der Waals surface area contributed by atoms with E-state index in [1.54, 1.807) is 30.3 Å². The van der Waals surface area contributed by atoms with Gasteiger partial charge in [0.25, 0.3) is 0 Å². The molecule has 0 fully saturated rings. The summed E-state index contributed by atoms with van der Waals surface area (Å²) in [5.41, 5.74) is 4.43. The molecule has 0 amide bonds. The Bertz CT molecular complexity index is 1810. The number of benzene rings is 4. The fourth-order valence-electron chi connectivity index (χ4n) is 4.60. The van der Waals surface area contributed by atoms with Gasteiger partial charge in [0.05, 0.1) is 33.7 Å². The van der Waals surface area contributed by atoms with Crippen LogP contribution < -0.4 is 14.8 Å². The van der Waals surface area contributed by atoms with Crippen LogP contribution in [0.5, 0.6) is 17.4 Å². The quantitative estimate of drug-likeness (QED) is 0.165. The van der Waals surface area contributed by atoms with Gasteiger partial charge < -0.3 is 19.7 Å². The third kappa shape index (κ3) is 6.90. The minimum absolute atomic E-state index is 0.0340. The summed E-state index contributed by atoms with van der Waals surface area (Å²) in [7, 11) is 0. The first-order valence-electron chi connectivity index (χ1n) is 13.4. The highest BCUT2D eigenvalue weighted by Gasteiger charge is 2.23. The molecule has 4 aromatic carbocycles. The molecule has 216 valence electrons. The standard InChI is InChI=1S/C33H27ClN4O5/c1-20(39)30(33(40)41)36-17-24-14-27(34)29(15-28(24)42-18-22-8-5-7-21(13-22)16-35)43-32-26-12-6-11-25(31(26)37-19-38-32)23-9-3-2-4-10-23/h2-15,19-20,30,36,39H,17-18H2,1H3,(H,40,41)/t20-,30-/m1/s1. The molecule has 1 heterocycles. The van der Waals surface area contributed by atoms with E-state index in [4.69, 9.17) is 21.1 Å². The smallest absolute Gasteiger partial charge is 0.323 e. The number of aliphatic hydroxyl groups excluding tert-OH is 1. The zero-order valence-electron chi connectivity index (χ0n) is 23.1. The molecule has 5 rings (SSSR count). The van der Waals surface area contributed by atoms with Crippen molar-refractivity contribution in [2.75, 3.05) is 0 Å². The van der Waals surface area contributed by atoms with Gasteiger partial charge in [0, 0.05) is 23.7 Å². The first-order valence-corrected chi connectivity index (χ1v) is 13.8. The first kappa shape index (κ1) is 29.5. The monoisotopic (exact) mass is 594 g/mol. The number of ether oxygens (including phenoxy) is 2. The molecule has 9 nitrogen and oxygen atoms in total. The number of carbonyl (C=O) groups is 1. The number of halogens is 1. The highest BCUT2D eigenvalue weighted by molar-refractivity contribution is 6.32. The number of aliphatic carboxylic acids is 1. The SMILES string of the molecule is C[C@@H](O)[C@@H](NCc1cc(Cl)c(Oc2ncnc3c(-c4ccccc4)cccc23)cc1OCc1cccc(C#N)c1)C(=O)O. The summed E-state index contributed by atoms with van der Waals surface area (Å²) in [5.74, 6) is -0.264.